The summed E-state index contributed by atoms with van der Waals surface area (Å²) < 4.78 is 15.4. The SMILES string of the molecule is CCOC(CC(=O)C(C)(C)C)=NC(=O)Oc1ccc(OC)cc1. The van der Waals surface area contributed by atoms with E-state index in [-0.39, 0.29) is 18.1 Å². The van der Waals surface area contributed by atoms with E-state index in [1.807, 2.05) is 0 Å². The molecule has 0 atom stereocenters. The number of Topliss-reactive ketones (excluding diaryl/α,β-unsaturated/α-hetero) is 1. The molecule has 0 unspecified atom stereocenters. The number of benzene rings is 1. The highest BCUT2D eigenvalue weighted by Gasteiger charge is 2.24. The Hall–Kier alpha value is -2.37. The topological polar surface area (TPSA) is 74.2 Å². The average Bonchev–Trinajstić information content (AvgIpc) is 2.47. The third kappa shape index (κ3) is 6.50. The standard InChI is InChI=1S/C17H23NO5/c1-6-22-15(11-14(19)17(2,3)4)18-16(20)23-13-9-7-12(21-5)8-10-13/h7-10H,6,11H2,1-5H3. The maximum atomic E-state index is 12.0. The van der Waals surface area contributed by atoms with Crippen LogP contribution in [0.15, 0.2) is 29.3 Å². The molecule has 1 amide bonds. The van der Waals surface area contributed by atoms with Crippen molar-refractivity contribution in [3.05, 3.63) is 24.3 Å². The number of nitrogens with zero attached hydrogens (tertiary/aromatic N) is 1. The maximum absolute atomic E-state index is 12.0. The summed E-state index contributed by atoms with van der Waals surface area (Å²) in [5, 5.41) is 0. The van der Waals surface area contributed by atoms with Crippen LogP contribution < -0.4 is 9.47 Å². The predicted octanol–water partition coefficient (Wildman–Crippen LogP) is 3.63. The highest BCUT2D eigenvalue weighted by Crippen LogP contribution is 2.19. The Bertz CT molecular complexity index is 570. The molecule has 0 aliphatic heterocycles. The first kappa shape index (κ1) is 18.7. The van der Waals surface area contributed by atoms with Gasteiger partial charge in [-0.1, -0.05) is 20.8 Å². The van der Waals surface area contributed by atoms with Gasteiger partial charge in [0.25, 0.3) is 0 Å². The van der Waals surface area contributed by atoms with E-state index in [1.165, 1.54) is 0 Å². The van der Waals surface area contributed by atoms with Gasteiger partial charge in [0.05, 0.1) is 20.1 Å². The van der Waals surface area contributed by atoms with Gasteiger partial charge < -0.3 is 14.2 Å². The van der Waals surface area contributed by atoms with Crippen LogP contribution in [-0.2, 0) is 9.53 Å². The number of carbonyl (C=O) groups is 2. The minimum atomic E-state index is -0.833. The largest absolute Gasteiger partial charge is 0.497 e. The first-order valence-electron chi connectivity index (χ1n) is 7.35. The molecular formula is C17H23NO5. The average molecular weight is 321 g/mol. The summed E-state index contributed by atoms with van der Waals surface area (Å²) in [5.74, 6) is 0.976. The van der Waals surface area contributed by atoms with Crippen molar-refractivity contribution < 1.29 is 23.8 Å². The lowest BCUT2D eigenvalue weighted by atomic mass is 9.89. The lowest BCUT2D eigenvalue weighted by Crippen LogP contribution is -2.25. The van der Waals surface area contributed by atoms with Crippen molar-refractivity contribution in [2.45, 2.75) is 34.1 Å². The van der Waals surface area contributed by atoms with Crippen molar-refractivity contribution in [3.63, 3.8) is 0 Å². The number of rotatable bonds is 5. The fourth-order valence-electron chi connectivity index (χ4n) is 1.56. The van der Waals surface area contributed by atoms with Crippen molar-refractivity contribution in [3.8, 4) is 11.5 Å². The Morgan fingerprint density at radius 2 is 1.65 bits per heavy atom. The molecule has 0 spiro atoms. The van der Waals surface area contributed by atoms with Crippen LogP contribution in [0.5, 0.6) is 11.5 Å². The monoisotopic (exact) mass is 321 g/mol. The van der Waals surface area contributed by atoms with E-state index in [1.54, 1.807) is 59.1 Å². The van der Waals surface area contributed by atoms with Gasteiger partial charge in [-0.2, -0.15) is 0 Å². The Morgan fingerprint density at radius 3 is 2.13 bits per heavy atom. The number of ether oxygens (including phenoxy) is 3. The molecule has 23 heavy (non-hydrogen) atoms. The Balaban J connectivity index is 2.76. The zero-order valence-corrected chi connectivity index (χ0v) is 14.2. The van der Waals surface area contributed by atoms with E-state index in [4.69, 9.17) is 14.2 Å². The van der Waals surface area contributed by atoms with Crippen molar-refractivity contribution in [2.24, 2.45) is 10.4 Å². The molecule has 0 aliphatic rings. The Morgan fingerprint density at radius 1 is 1.09 bits per heavy atom. The molecule has 0 radical (unpaired) electrons. The van der Waals surface area contributed by atoms with Crippen LogP contribution in [0.3, 0.4) is 0 Å². The van der Waals surface area contributed by atoms with Gasteiger partial charge in [-0.15, -0.1) is 4.99 Å². The number of carbonyl (C=O) groups excluding carboxylic acids is 2. The normalized spacial score (nSPS) is 11.8. The molecule has 0 bridgehead atoms. The van der Waals surface area contributed by atoms with Gasteiger partial charge in [-0.05, 0) is 31.2 Å². The van der Waals surface area contributed by atoms with Crippen molar-refractivity contribution >= 4 is 17.8 Å². The second kappa shape index (κ2) is 8.31. The number of amides is 1. The Labute approximate surface area is 136 Å². The first-order chi connectivity index (χ1) is 10.8. The molecule has 1 aromatic rings. The van der Waals surface area contributed by atoms with E-state index in [2.05, 4.69) is 4.99 Å². The van der Waals surface area contributed by atoms with Crippen LogP contribution in [0.1, 0.15) is 34.1 Å². The summed E-state index contributed by atoms with van der Waals surface area (Å²) in [6.45, 7) is 7.47. The van der Waals surface area contributed by atoms with Gasteiger partial charge in [0.15, 0.2) is 0 Å². The fraction of sp³-hybridized carbons (Fsp3) is 0.471. The minimum Gasteiger partial charge on any atom is -0.497 e. The fourth-order valence-corrected chi connectivity index (χ4v) is 1.56. The molecule has 6 nitrogen and oxygen atoms in total. The molecule has 0 N–H and O–H groups in total. The number of hydrogen-bond acceptors (Lipinski definition) is 5. The van der Waals surface area contributed by atoms with Crippen molar-refractivity contribution in [1.82, 2.24) is 0 Å². The second-order valence-electron chi connectivity index (χ2n) is 5.83. The predicted molar refractivity (Wildman–Crippen MR) is 87.2 cm³/mol. The molecule has 1 rings (SSSR count). The molecule has 0 saturated carbocycles. The van der Waals surface area contributed by atoms with Crippen LogP contribution in [0.25, 0.3) is 0 Å². The lowest BCUT2D eigenvalue weighted by Gasteiger charge is -2.17. The summed E-state index contributed by atoms with van der Waals surface area (Å²) in [6.07, 6.45) is -0.880. The van der Waals surface area contributed by atoms with Crippen molar-refractivity contribution in [1.29, 1.82) is 0 Å². The van der Waals surface area contributed by atoms with E-state index >= 15 is 0 Å². The zero-order chi connectivity index (χ0) is 17.5. The smallest absolute Gasteiger partial charge is 0.442 e. The van der Waals surface area contributed by atoms with Crippen LogP contribution in [0, 0.1) is 5.41 Å². The maximum Gasteiger partial charge on any atom is 0.442 e. The number of aliphatic imine (C=N–C) groups is 1. The quantitative estimate of drug-likeness (QED) is 0.611. The third-order valence-electron chi connectivity index (χ3n) is 2.94. The molecule has 0 fully saturated rings. The molecule has 0 heterocycles. The number of ketones is 1. The van der Waals surface area contributed by atoms with Gasteiger partial charge in [0.2, 0.25) is 5.90 Å². The van der Waals surface area contributed by atoms with Gasteiger partial charge in [-0.25, -0.2) is 4.79 Å². The van der Waals surface area contributed by atoms with Crippen LogP contribution >= 0.6 is 0 Å². The van der Waals surface area contributed by atoms with Gasteiger partial charge in [0, 0.05) is 5.41 Å². The molecule has 0 aromatic heterocycles. The zero-order valence-electron chi connectivity index (χ0n) is 14.2. The van der Waals surface area contributed by atoms with Crippen LogP contribution in [0.4, 0.5) is 4.79 Å². The van der Waals surface area contributed by atoms with E-state index in [0.717, 1.165) is 0 Å². The summed E-state index contributed by atoms with van der Waals surface area (Å²) >= 11 is 0. The molecule has 1 aromatic carbocycles. The first-order valence-corrected chi connectivity index (χ1v) is 7.35. The lowest BCUT2D eigenvalue weighted by molar-refractivity contribution is -0.125. The highest BCUT2D eigenvalue weighted by atomic mass is 16.6. The van der Waals surface area contributed by atoms with Gasteiger partial charge >= 0.3 is 6.09 Å². The Kier molecular flexibility index (Phi) is 6.75. The van der Waals surface area contributed by atoms with Crippen LogP contribution in [-0.4, -0.2) is 31.5 Å². The third-order valence-corrected chi connectivity index (χ3v) is 2.94. The number of hydrogen-bond donors (Lipinski definition) is 0. The summed E-state index contributed by atoms with van der Waals surface area (Å²) in [4.78, 5) is 27.6. The van der Waals surface area contributed by atoms with E-state index in [9.17, 15) is 9.59 Å². The van der Waals surface area contributed by atoms with Crippen molar-refractivity contribution in [2.75, 3.05) is 13.7 Å². The molecule has 0 saturated heterocycles. The number of methoxy groups -OCH3 is 1. The van der Waals surface area contributed by atoms with Crippen LogP contribution in [0.2, 0.25) is 0 Å². The summed E-state index contributed by atoms with van der Waals surface area (Å²) in [7, 11) is 1.55. The van der Waals surface area contributed by atoms with Gasteiger partial charge in [-0.3, -0.25) is 4.79 Å². The molecule has 0 aliphatic carbocycles. The highest BCUT2D eigenvalue weighted by molar-refractivity contribution is 6.03. The molecular weight excluding hydrogens is 298 g/mol. The van der Waals surface area contributed by atoms with E-state index in [0.29, 0.717) is 18.1 Å². The summed E-state index contributed by atoms with van der Waals surface area (Å²) in [5.41, 5.74) is -0.530. The molecule has 126 valence electrons. The summed E-state index contributed by atoms with van der Waals surface area (Å²) in [6, 6.07) is 6.51. The minimum absolute atomic E-state index is 0.0466. The van der Waals surface area contributed by atoms with Gasteiger partial charge in [0.1, 0.15) is 17.3 Å². The second-order valence-corrected chi connectivity index (χ2v) is 5.83. The van der Waals surface area contributed by atoms with E-state index < -0.39 is 11.5 Å². The molecule has 6 heteroatoms.